The van der Waals surface area contributed by atoms with Crippen LogP contribution in [-0.4, -0.2) is 12.6 Å². The van der Waals surface area contributed by atoms with Crippen LogP contribution in [0.4, 0.5) is 0 Å². The first kappa shape index (κ1) is 13.7. The Morgan fingerprint density at radius 2 is 2.17 bits per heavy atom. The number of benzene rings is 1. The molecule has 1 fully saturated rings. The third-order valence-corrected chi connectivity index (χ3v) is 3.82. The fraction of sp³-hybridized carbons (Fsp3) is 0.600. The molecular weight excluding hydrogens is 246 g/mol. The zero-order valence-electron chi connectivity index (χ0n) is 11.2. The van der Waals surface area contributed by atoms with Crippen LogP contribution in [0.1, 0.15) is 38.7 Å². The Balaban J connectivity index is 1.99. The molecule has 0 atom stereocenters. The van der Waals surface area contributed by atoms with E-state index in [2.05, 4.69) is 19.2 Å². The van der Waals surface area contributed by atoms with Gasteiger partial charge >= 0.3 is 0 Å². The molecule has 100 valence electrons. The molecule has 2 nitrogen and oxygen atoms in total. The van der Waals surface area contributed by atoms with Crippen molar-refractivity contribution in [3.63, 3.8) is 0 Å². The first-order valence-corrected chi connectivity index (χ1v) is 7.18. The summed E-state index contributed by atoms with van der Waals surface area (Å²) < 4.78 is 5.93. The molecule has 1 aromatic carbocycles. The van der Waals surface area contributed by atoms with Gasteiger partial charge in [0.1, 0.15) is 5.75 Å². The van der Waals surface area contributed by atoms with Crippen LogP contribution in [0, 0.1) is 5.92 Å². The average Bonchev–Trinajstić information content (AvgIpc) is 2.25. The van der Waals surface area contributed by atoms with Gasteiger partial charge < -0.3 is 10.1 Å². The van der Waals surface area contributed by atoms with Gasteiger partial charge in [-0.3, -0.25) is 0 Å². The number of rotatable bonds is 6. The Bertz CT molecular complexity index is 388. The van der Waals surface area contributed by atoms with Crippen molar-refractivity contribution in [1.82, 2.24) is 5.32 Å². The van der Waals surface area contributed by atoms with Crippen LogP contribution in [-0.2, 0) is 6.54 Å². The SMILES string of the molecule is CC(C)NCc1c(Cl)cccc1OCC1CCC1. The maximum atomic E-state index is 6.26. The highest BCUT2D eigenvalue weighted by Gasteiger charge is 2.19. The highest BCUT2D eigenvalue weighted by molar-refractivity contribution is 6.31. The predicted molar refractivity (Wildman–Crippen MR) is 76.3 cm³/mol. The van der Waals surface area contributed by atoms with Crippen LogP contribution in [0.15, 0.2) is 18.2 Å². The number of halogens is 1. The van der Waals surface area contributed by atoms with E-state index in [1.54, 1.807) is 0 Å². The molecule has 1 saturated carbocycles. The van der Waals surface area contributed by atoms with E-state index in [0.29, 0.717) is 6.04 Å². The largest absolute Gasteiger partial charge is 0.493 e. The van der Waals surface area contributed by atoms with E-state index in [9.17, 15) is 0 Å². The minimum atomic E-state index is 0.445. The Hall–Kier alpha value is -0.730. The van der Waals surface area contributed by atoms with Crippen molar-refractivity contribution >= 4 is 11.6 Å². The second kappa shape index (κ2) is 6.44. The summed E-state index contributed by atoms with van der Waals surface area (Å²) in [7, 11) is 0. The molecule has 0 unspecified atom stereocenters. The molecule has 3 heteroatoms. The van der Waals surface area contributed by atoms with Crippen molar-refractivity contribution in [2.24, 2.45) is 5.92 Å². The van der Waals surface area contributed by atoms with E-state index in [1.165, 1.54) is 19.3 Å². The molecule has 1 aliphatic carbocycles. The predicted octanol–water partition coefficient (Wildman–Crippen LogP) is 4.02. The molecule has 0 heterocycles. The molecular formula is C15H22ClNO. The fourth-order valence-corrected chi connectivity index (χ4v) is 2.25. The third kappa shape index (κ3) is 3.63. The van der Waals surface area contributed by atoms with E-state index in [-0.39, 0.29) is 0 Å². The summed E-state index contributed by atoms with van der Waals surface area (Å²) in [5.41, 5.74) is 1.08. The van der Waals surface area contributed by atoms with Crippen molar-refractivity contribution in [3.05, 3.63) is 28.8 Å². The second-order valence-corrected chi connectivity index (χ2v) is 5.77. The second-order valence-electron chi connectivity index (χ2n) is 5.36. The lowest BCUT2D eigenvalue weighted by molar-refractivity contribution is 0.179. The zero-order chi connectivity index (χ0) is 13.0. The van der Waals surface area contributed by atoms with E-state index >= 15 is 0 Å². The summed E-state index contributed by atoms with van der Waals surface area (Å²) in [5.74, 6) is 1.68. The van der Waals surface area contributed by atoms with Gasteiger partial charge in [-0.25, -0.2) is 0 Å². The average molecular weight is 268 g/mol. The van der Waals surface area contributed by atoms with Crippen LogP contribution in [0.25, 0.3) is 0 Å². The molecule has 18 heavy (non-hydrogen) atoms. The minimum absolute atomic E-state index is 0.445. The van der Waals surface area contributed by atoms with Crippen LogP contribution in [0.5, 0.6) is 5.75 Å². The summed E-state index contributed by atoms with van der Waals surface area (Å²) in [6.45, 7) is 5.85. The standard InChI is InChI=1S/C15H22ClNO/c1-11(2)17-9-13-14(16)7-4-8-15(13)18-10-12-5-3-6-12/h4,7-8,11-12,17H,3,5-6,9-10H2,1-2H3. The van der Waals surface area contributed by atoms with Crippen LogP contribution in [0.3, 0.4) is 0 Å². The van der Waals surface area contributed by atoms with Crippen molar-refractivity contribution < 1.29 is 4.74 Å². The molecule has 1 aliphatic rings. The molecule has 0 aliphatic heterocycles. The molecule has 0 aromatic heterocycles. The summed E-state index contributed by atoms with van der Waals surface area (Å²) in [5, 5.41) is 4.18. The van der Waals surface area contributed by atoms with E-state index in [0.717, 1.165) is 35.4 Å². The van der Waals surface area contributed by atoms with Gasteiger partial charge in [0.05, 0.1) is 6.61 Å². The minimum Gasteiger partial charge on any atom is -0.493 e. The smallest absolute Gasteiger partial charge is 0.125 e. The normalized spacial score (nSPS) is 15.8. The Labute approximate surface area is 115 Å². The zero-order valence-corrected chi connectivity index (χ0v) is 12.0. The number of hydrogen-bond acceptors (Lipinski definition) is 2. The molecule has 2 rings (SSSR count). The number of nitrogens with one attached hydrogen (secondary N) is 1. The summed E-state index contributed by atoms with van der Waals surface area (Å²) in [6.07, 6.45) is 3.96. The van der Waals surface area contributed by atoms with Gasteiger partial charge in [-0.1, -0.05) is 37.9 Å². The van der Waals surface area contributed by atoms with E-state index in [4.69, 9.17) is 16.3 Å². The monoisotopic (exact) mass is 267 g/mol. The third-order valence-electron chi connectivity index (χ3n) is 3.46. The Morgan fingerprint density at radius 3 is 2.78 bits per heavy atom. The maximum Gasteiger partial charge on any atom is 0.125 e. The summed E-state index contributed by atoms with van der Waals surface area (Å²) in [6, 6.07) is 6.34. The molecule has 1 N–H and O–H groups in total. The van der Waals surface area contributed by atoms with Crippen molar-refractivity contribution in [2.75, 3.05) is 6.61 Å². The summed E-state index contributed by atoms with van der Waals surface area (Å²) in [4.78, 5) is 0. The number of ether oxygens (including phenoxy) is 1. The van der Waals surface area contributed by atoms with Gasteiger partial charge in [-0.15, -0.1) is 0 Å². The first-order chi connectivity index (χ1) is 8.66. The van der Waals surface area contributed by atoms with Gasteiger partial charge in [0.2, 0.25) is 0 Å². The molecule has 1 aromatic rings. The first-order valence-electron chi connectivity index (χ1n) is 6.80. The van der Waals surface area contributed by atoms with Crippen molar-refractivity contribution in [2.45, 2.75) is 45.7 Å². The molecule has 0 saturated heterocycles. The number of hydrogen-bond donors (Lipinski definition) is 1. The van der Waals surface area contributed by atoms with Crippen LogP contribution >= 0.6 is 11.6 Å². The Kier molecular flexibility index (Phi) is 4.90. The lowest BCUT2D eigenvalue weighted by Gasteiger charge is -2.26. The fourth-order valence-electron chi connectivity index (χ4n) is 2.02. The van der Waals surface area contributed by atoms with Gasteiger partial charge in [-0.2, -0.15) is 0 Å². The van der Waals surface area contributed by atoms with E-state index < -0.39 is 0 Å². The Morgan fingerprint density at radius 1 is 1.39 bits per heavy atom. The summed E-state index contributed by atoms with van der Waals surface area (Å²) >= 11 is 6.26. The van der Waals surface area contributed by atoms with Crippen LogP contribution < -0.4 is 10.1 Å². The maximum absolute atomic E-state index is 6.26. The van der Waals surface area contributed by atoms with Crippen molar-refractivity contribution in [3.8, 4) is 5.75 Å². The van der Waals surface area contributed by atoms with Crippen LogP contribution in [0.2, 0.25) is 5.02 Å². The van der Waals surface area contributed by atoms with Gasteiger partial charge in [0.15, 0.2) is 0 Å². The lowest BCUT2D eigenvalue weighted by Crippen LogP contribution is -2.23. The molecule has 0 spiro atoms. The topological polar surface area (TPSA) is 21.3 Å². The van der Waals surface area contributed by atoms with Gasteiger partial charge in [0, 0.05) is 23.2 Å². The highest BCUT2D eigenvalue weighted by atomic mass is 35.5. The quantitative estimate of drug-likeness (QED) is 0.841. The molecule has 0 radical (unpaired) electrons. The van der Waals surface area contributed by atoms with Gasteiger partial charge in [0.25, 0.3) is 0 Å². The lowest BCUT2D eigenvalue weighted by atomic mass is 9.86. The molecule has 0 amide bonds. The van der Waals surface area contributed by atoms with Crippen molar-refractivity contribution in [1.29, 1.82) is 0 Å². The van der Waals surface area contributed by atoms with E-state index in [1.807, 2.05) is 18.2 Å². The highest BCUT2D eigenvalue weighted by Crippen LogP contribution is 2.30. The molecule has 0 bridgehead atoms. The van der Waals surface area contributed by atoms with Gasteiger partial charge in [-0.05, 0) is 30.9 Å².